The van der Waals surface area contributed by atoms with Gasteiger partial charge in [0.25, 0.3) is 5.91 Å². The van der Waals surface area contributed by atoms with Gasteiger partial charge in [-0.05, 0) is 75.5 Å². The second-order valence-corrected chi connectivity index (χ2v) is 10.5. The van der Waals surface area contributed by atoms with Gasteiger partial charge in [0.05, 0.1) is 6.04 Å². The molecular weight excluding hydrogens is 410 g/mol. The molecule has 2 aliphatic heterocycles. The first-order valence-electron chi connectivity index (χ1n) is 13.5. The van der Waals surface area contributed by atoms with E-state index in [1.807, 2.05) is 17.0 Å². The molecule has 0 spiro atoms. The lowest BCUT2D eigenvalue weighted by atomic mass is 9.92. The number of aryl methyl sites for hydroxylation is 1. The van der Waals surface area contributed by atoms with Crippen molar-refractivity contribution in [1.82, 2.24) is 14.7 Å². The van der Waals surface area contributed by atoms with Crippen molar-refractivity contribution in [3.63, 3.8) is 0 Å². The third-order valence-electron chi connectivity index (χ3n) is 8.20. The fraction of sp³-hybridized carbons (Fsp3) is 0.714. The Hall–Kier alpha value is -1.88. The fourth-order valence-corrected chi connectivity index (χ4v) is 6.11. The number of carbonyl (C=O) groups excluding carboxylic acids is 2. The molecule has 0 aromatic heterocycles. The van der Waals surface area contributed by atoms with Crippen LogP contribution in [0.1, 0.15) is 87.6 Å². The fourth-order valence-electron chi connectivity index (χ4n) is 6.11. The maximum absolute atomic E-state index is 13.7. The Morgan fingerprint density at radius 1 is 0.909 bits per heavy atom. The Labute approximate surface area is 200 Å². The van der Waals surface area contributed by atoms with E-state index < -0.39 is 0 Å². The molecular formula is C28H43N3O2. The molecule has 0 bridgehead atoms. The topological polar surface area (TPSA) is 43.9 Å². The quantitative estimate of drug-likeness (QED) is 0.599. The number of piperidine rings is 1. The summed E-state index contributed by atoms with van der Waals surface area (Å²) in [5.74, 6) is 0.964. The van der Waals surface area contributed by atoms with Gasteiger partial charge < -0.3 is 9.80 Å². The van der Waals surface area contributed by atoms with E-state index in [9.17, 15) is 9.59 Å². The monoisotopic (exact) mass is 453 g/mol. The lowest BCUT2D eigenvalue weighted by molar-refractivity contribution is -0.143. The van der Waals surface area contributed by atoms with Crippen molar-refractivity contribution in [1.29, 1.82) is 0 Å². The highest BCUT2D eigenvalue weighted by Crippen LogP contribution is 2.33. The summed E-state index contributed by atoms with van der Waals surface area (Å²) < 4.78 is 0. The summed E-state index contributed by atoms with van der Waals surface area (Å²) in [6.45, 7) is 8.36. The average Bonchev–Trinajstić information content (AvgIpc) is 3.38. The largest absolute Gasteiger partial charge is 0.339 e. The van der Waals surface area contributed by atoms with E-state index in [4.69, 9.17) is 0 Å². The highest BCUT2D eigenvalue weighted by Gasteiger charge is 2.40. The van der Waals surface area contributed by atoms with E-state index in [1.54, 1.807) is 0 Å². The summed E-state index contributed by atoms with van der Waals surface area (Å²) in [6, 6.07) is 8.55. The van der Waals surface area contributed by atoms with Crippen LogP contribution in [0.2, 0.25) is 0 Å². The number of piperazine rings is 1. The number of benzene rings is 1. The van der Waals surface area contributed by atoms with Gasteiger partial charge in [0, 0.05) is 44.3 Å². The van der Waals surface area contributed by atoms with Gasteiger partial charge in [-0.2, -0.15) is 0 Å². The zero-order valence-corrected chi connectivity index (χ0v) is 20.8. The highest BCUT2D eigenvalue weighted by molar-refractivity contribution is 5.94. The van der Waals surface area contributed by atoms with E-state index in [-0.39, 0.29) is 11.9 Å². The molecule has 3 aliphatic rings. The van der Waals surface area contributed by atoms with E-state index in [2.05, 4.69) is 35.8 Å². The molecule has 5 nitrogen and oxygen atoms in total. The summed E-state index contributed by atoms with van der Waals surface area (Å²) >= 11 is 0. The van der Waals surface area contributed by atoms with Crippen LogP contribution in [0, 0.1) is 5.92 Å². The number of unbranched alkanes of at least 4 members (excludes halogenated alkanes) is 1. The molecule has 3 fully saturated rings. The third-order valence-corrected chi connectivity index (χ3v) is 8.20. The minimum Gasteiger partial charge on any atom is -0.339 e. The van der Waals surface area contributed by atoms with Gasteiger partial charge in [0.15, 0.2) is 0 Å². The minimum atomic E-state index is 0.00292. The van der Waals surface area contributed by atoms with Gasteiger partial charge in [-0.3, -0.25) is 14.5 Å². The number of likely N-dealkylation sites (tertiary alicyclic amines) is 1. The van der Waals surface area contributed by atoms with Crippen LogP contribution in [0.3, 0.4) is 0 Å². The smallest absolute Gasteiger partial charge is 0.253 e. The molecule has 33 heavy (non-hydrogen) atoms. The molecule has 5 heteroatoms. The second kappa shape index (κ2) is 11.5. The van der Waals surface area contributed by atoms with E-state index in [1.165, 1.54) is 50.5 Å². The first-order valence-corrected chi connectivity index (χ1v) is 13.5. The molecule has 2 heterocycles. The summed E-state index contributed by atoms with van der Waals surface area (Å²) in [5.41, 5.74) is 2.09. The Kier molecular flexibility index (Phi) is 8.45. The highest BCUT2D eigenvalue weighted by atomic mass is 16.2. The first kappa shape index (κ1) is 24.3. The van der Waals surface area contributed by atoms with E-state index in [0.717, 1.165) is 44.5 Å². The van der Waals surface area contributed by atoms with Crippen molar-refractivity contribution >= 4 is 11.8 Å². The van der Waals surface area contributed by atoms with Crippen LogP contribution in [0.4, 0.5) is 0 Å². The number of carbonyl (C=O) groups is 2. The number of rotatable bonds is 7. The van der Waals surface area contributed by atoms with Crippen molar-refractivity contribution in [3.05, 3.63) is 35.4 Å². The van der Waals surface area contributed by atoms with Gasteiger partial charge >= 0.3 is 0 Å². The number of nitrogens with zero attached hydrogens (tertiary/aromatic N) is 3. The van der Waals surface area contributed by atoms with Gasteiger partial charge in [-0.25, -0.2) is 0 Å². The SMILES string of the molecule is CCCCc1ccc(C(=O)N2CCN([C@@H](C(=O)N3CCCC[C@@H]3C)C3CCCC3)CC2)cc1. The maximum atomic E-state index is 13.7. The first-order chi connectivity index (χ1) is 16.1. The Morgan fingerprint density at radius 3 is 2.21 bits per heavy atom. The Bertz CT molecular complexity index is 779. The number of amides is 2. The van der Waals surface area contributed by atoms with Crippen molar-refractivity contribution in [2.24, 2.45) is 5.92 Å². The summed E-state index contributed by atoms with van der Waals surface area (Å²) in [6.07, 6.45) is 11.8. The summed E-state index contributed by atoms with van der Waals surface area (Å²) in [4.78, 5) is 33.4. The standard InChI is InChI=1S/C28H43N3O2/c1-3-4-10-23-13-15-25(16-14-23)27(32)30-20-18-29(19-21-30)26(24-11-5-6-12-24)28(33)31-17-8-7-9-22(31)2/h13-16,22,24,26H,3-12,17-21H2,1-2H3/t22-,26+/m0/s1. The van der Waals surface area contributed by atoms with Crippen LogP contribution in [-0.4, -0.2) is 71.3 Å². The maximum Gasteiger partial charge on any atom is 0.253 e. The Balaban J connectivity index is 1.38. The molecule has 2 amide bonds. The van der Waals surface area contributed by atoms with Crippen LogP contribution in [0.5, 0.6) is 0 Å². The van der Waals surface area contributed by atoms with Gasteiger partial charge in [0.1, 0.15) is 0 Å². The zero-order valence-electron chi connectivity index (χ0n) is 20.8. The molecule has 182 valence electrons. The zero-order chi connectivity index (χ0) is 23.2. The predicted molar refractivity (Wildman–Crippen MR) is 133 cm³/mol. The summed E-state index contributed by atoms with van der Waals surface area (Å²) in [7, 11) is 0. The minimum absolute atomic E-state index is 0.00292. The van der Waals surface area contributed by atoms with Crippen LogP contribution in [0.15, 0.2) is 24.3 Å². The molecule has 4 rings (SSSR count). The lowest BCUT2D eigenvalue weighted by Gasteiger charge is -2.44. The third kappa shape index (κ3) is 5.79. The van der Waals surface area contributed by atoms with Crippen LogP contribution >= 0.6 is 0 Å². The van der Waals surface area contributed by atoms with Crippen molar-refractivity contribution in [2.75, 3.05) is 32.7 Å². The van der Waals surface area contributed by atoms with Crippen molar-refractivity contribution in [2.45, 2.75) is 90.1 Å². The lowest BCUT2D eigenvalue weighted by Crippen LogP contribution is -2.60. The molecule has 0 N–H and O–H groups in total. The van der Waals surface area contributed by atoms with Crippen LogP contribution in [0.25, 0.3) is 0 Å². The van der Waals surface area contributed by atoms with Crippen molar-refractivity contribution < 1.29 is 9.59 Å². The molecule has 2 atom stereocenters. The van der Waals surface area contributed by atoms with Gasteiger partial charge in [-0.1, -0.05) is 38.3 Å². The second-order valence-electron chi connectivity index (χ2n) is 10.5. The van der Waals surface area contributed by atoms with E-state index >= 15 is 0 Å². The van der Waals surface area contributed by atoms with Crippen molar-refractivity contribution in [3.8, 4) is 0 Å². The van der Waals surface area contributed by atoms with Crippen LogP contribution < -0.4 is 0 Å². The molecule has 1 saturated carbocycles. The van der Waals surface area contributed by atoms with E-state index in [0.29, 0.717) is 31.0 Å². The molecule has 2 saturated heterocycles. The molecule has 1 aromatic rings. The predicted octanol–water partition coefficient (Wildman–Crippen LogP) is 4.75. The normalized spacial score (nSPS) is 23.6. The molecule has 0 unspecified atom stereocenters. The number of hydrogen-bond acceptors (Lipinski definition) is 3. The Morgan fingerprint density at radius 2 is 1.58 bits per heavy atom. The molecule has 1 aliphatic carbocycles. The van der Waals surface area contributed by atoms with Gasteiger partial charge in [0.2, 0.25) is 5.91 Å². The van der Waals surface area contributed by atoms with Crippen LogP contribution in [-0.2, 0) is 11.2 Å². The summed E-state index contributed by atoms with van der Waals surface area (Å²) in [5, 5.41) is 0. The average molecular weight is 454 g/mol. The van der Waals surface area contributed by atoms with Gasteiger partial charge in [-0.15, -0.1) is 0 Å². The molecule has 0 radical (unpaired) electrons. The molecule has 1 aromatic carbocycles. The number of hydrogen-bond donors (Lipinski definition) is 0.